The quantitative estimate of drug-likeness (QED) is 0.865. The second-order valence-electron chi connectivity index (χ2n) is 5.75. The number of benzene rings is 1. The molecule has 1 heterocycles. The van der Waals surface area contributed by atoms with Gasteiger partial charge in [-0.2, -0.15) is 0 Å². The maximum absolute atomic E-state index is 12.3. The number of halogens is 1. The van der Waals surface area contributed by atoms with Crippen LogP contribution in [0.5, 0.6) is 0 Å². The van der Waals surface area contributed by atoms with Gasteiger partial charge in [0.05, 0.1) is 6.54 Å². The number of carbonyl (C=O) groups is 2. The van der Waals surface area contributed by atoms with Crippen molar-refractivity contribution in [1.82, 2.24) is 10.2 Å². The average molecular weight is 296 g/mol. The molecule has 1 aliphatic rings. The van der Waals surface area contributed by atoms with Gasteiger partial charge in [0, 0.05) is 22.8 Å². The molecule has 4 amide bonds. The van der Waals surface area contributed by atoms with E-state index in [4.69, 9.17) is 11.6 Å². The zero-order valence-electron chi connectivity index (χ0n) is 11.8. The molecule has 0 aliphatic carbocycles. The van der Waals surface area contributed by atoms with Gasteiger partial charge in [-0.15, -0.1) is 0 Å². The Hall–Kier alpha value is -1.75. The molecule has 1 fully saturated rings. The van der Waals surface area contributed by atoms with Crippen molar-refractivity contribution in [2.75, 3.05) is 18.0 Å². The van der Waals surface area contributed by atoms with Crippen LogP contribution in [0.15, 0.2) is 24.3 Å². The molecule has 6 heteroatoms. The molecule has 0 bridgehead atoms. The Morgan fingerprint density at radius 2 is 2.00 bits per heavy atom. The van der Waals surface area contributed by atoms with Crippen LogP contribution in [-0.2, 0) is 0 Å². The molecule has 1 saturated heterocycles. The minimum atomic E-state index is -0.374. The number of urea groups is 2. The fourth-order valence-electron chi connectivity index (χ4n) is 2.00. The van der Waals surface area contributed by atoms with Crippen LogP contribution in [0, 0.1) is 0 Å². The van der Waals surface area contributed by atoms with E-state index >= 15 is 0 Å². The highest BCUT2D eigenvalue weighted by molar-refractivity contribution is 6.31. The van der Waals surface area contributed by atoms with Crippen molar-refractivity contribution >= 4 is 29.4 Å². The fraction of sp³-hybridized carbons (Fsp3) is 0.429. The number of nitrogens with one attached hydrogen (secondary N) is 1. The highest BCUT2D eigenvalue weighted by Crippen LogP contribution is 2.23. The van der Waals surface area contributed by atoms with E-state index in [1.54, 1.807) is 29.2 Å². The lowest BCUT2D eigenvalue weighted by Crippen LogP contribution is -2.49. The third-order valence-electron chi connectivity index (χ3n) is 2.86. The number of hydrogen-bond acceptors (Lipinski definition) is 2. The molecule has 1 aromatic rings. The molecule has 0 spiro atoms. The summed E-state index contributed by atoms with van der Waals surface area (Å²) in [5.74, 6) is 0. The highest BCUT2D eigenvalue weighted by atomic mass is 35.5. The lowest BCUT2D eigenvalue weighted by atomic mass is 10.1. The first kappa shape index (κ1) is 14.7. The minimum Gasteiger partial charge on any atom is -0.333 e. The molecule has 2 rings (SSSR count). The van der Waals surface area contributed by atoms with Crippen LogP contribution in [0.25, 0.3) is 0 Å². The summed E-state index contributed by atoms with van der Waals surface area (Å²) >= 11 is 5.93. The van der Waals surface area contributed by atoms with Gasteiger partial charge in [0.25, 0.3) is 0 Å². The van der Waals surface area contributed by atoms with Gasteiger partial charge in [0.1, 0.15) is 0 Å². The van der Waals surface area contributed by atoms with Crippen molar-refractivity contribution in [3.63, 3.8) is 0 Å². The third kappa shape index (κ3) is 3.22. The standard InChI is InChI=1S/C14H18ClN3O2/c1-14(2,3)16-12(19)18-8-7-17(13(18)20)11-6-4-5-10(15)9-11/h4-6,9H,7-8H2,1-3H3,(H,16,19). The van der Waals surface area contributed by atoms with E-state index in [1.165, 1.54) is 4.90 Å². The number of nitrogens with zero attached hydrogens (tertiary/aromatic N) is 2. The van der Waals surface area contributed by atoms with Crippen molar-refractivity contribution in [2.24, 2.45) is 0 Å². The molecule has 0 atom stereocenters. The van der Waals surface area contributed by atoms with Gasteiger partial charge in [-0.05, 0) is 39.0 Å². The maximum atomic E-state index is 12.3. The summed E-state index contributed by atoms with van der Waals surface area (Å²) in [6.07, 6.45) is 0. The normalized spacial score (nSPS) is 15.7. The van der Waals surface area contributed by atoms with E-state index in [-0.39, 0.29) is 17.6 Å². The first-order valence-corrected chi connectivity index (χ1v) is 6.82. The van der Waals surface area contributed by atoms with E-state index in [1.807, 2.05) is 20.8 Å². The van der Waals surface area contributed by atoms with Crippen molar-refractivity contribution in [1.29, 1.82) is 0 Å². The molecule has 20 heavy (non-hydrogen) atoms. The predicted molar refractivity (Wildman–Crippen MR) is 79.2 cm³/mol. The number of anilines is 1. The summed E-state index contributed by atoms with van der Waals surface area (Å²) in [6.45, 7) is 6.46. The lowest BCUT2D eigenvalue weighted by Gasteiger charge is -2.24. The van der Waals surface area contributed by atoms with Crippen LogP contribution in [0.3, 0.4) is 0 Å². The summed E-state index contributed by atoms with van der Waals surface area (Å²) in [6, 6.07) is 6.35. The molecule has 1 aliphatic heterocycles. The molecule has 1 N–H and O–H groups in total. The summed E-state index contributed by atoms with van der Waals surface area (Å²) in [5.41, 5.74) is 0.328. The summed E-state index contributed by atoms with van der Waals surface area (Å²) in [4.78, 5) is 27.1. The SMILES string of the molecule is CC(C)(C)NC(=O)N1CCN(c2cccc(Cl)c2)C1=O. The van der Waals surface area contributed by atoms with Gasteiger partial charge in [-0.25, -0.2) is 14.5 Å². The Bertz CT molecular complexity index is 539. The zero-order chi connectivity index (χ0) is 14.9. The van der Waals surface area contributed by atoms with Gasteiger partial charge < -0.3 is 5.32 Å². The van der Waals surface area contributed by atoms with Crippen molar-refractivity contribution in [3.05, 3.63) is 29.3 Å². The van der Waals surface area contributed by atoms with E-state index in [2.05, 4.69) is 5.32 Å². The number of amides is 4. The molecule has 0 aromatic heterocycles. The minimum absolute atomic E-state index is 0.325. The number of imide groups is 1. The second kappa shape index (κ2) is 5.32. The van der Waals surface area contributed by atoms with Crippen LogP contribution in [0.2, 0.25) is 5.02 Å². The van der Waals surface area contributed by atoms with Crippen LogP contribution in [0.4, 0.5) is 15.3 Å². The average Bonchev–Trinajstić information content (AvgIpc) is 2.69. The molecular weight excluding hydrogens is 278 g/mol. The van der Waals surface area contributed by atoms with Crippen LogP contribution in [0.1, 0.15) is 20.8 Å². The van der Waals surface area contributed by atoms with Crippen molar-refractivity contribution in [3.8, 4) is 0 Å². The summed E-state index contributed by atoms with van der Waals surface area (Å²) in [5, 5.41) is 3.35. The first-order chi connectivity index (χ1) is 9.28. The van der Waals surface area contributed by atoms with Crippen LogP contribution in [-0.4, -0.2) is 35.6 Å². The van der Waals surface area contributed by atoms with Gasteiger partial charge in [-0.3, -0.25) is 4.90 Å². The zero-order valence-corrected chi connectivity index (χ0v) is 12.6. The Labute approximate surface area is 123 Å². The third-order valence-corrected chi connectivity index (χ3v) is 3.09. The smallest absolute Gasteiger partial charge is 0.332 e. The Balaban J connectivity index is 2.12. The highest BCUT2D eigenvalue weighted by Gasteiger charge is 2.35. The predicted octanol–water partition coefficient (Wildman–Crippen LogP) is 3.09. The summed E-state index contributed by atoms with van der Waals surface area (Å²) in [7, 11) is 0. The van der Waals surface area contributed by atoms with E-state index in [0.717, 1.165) is 0 Å². The number of rotatable bonds is 1. The molecule has 0 unspecified atom stereocenters. The largest absolute Gasteiger partial charge is 0.333 e. The number of carbonyl (C=O) groups excluding carboxylic acids is 2. The molecule has 1 aromatic carbocycles. The van der Waals surface area contributed by atoms with Gasteiger partial charge >= 0.3 is 12.1 Å². The van der Waals surface area contributed by atoms with Crippen LogP contribution < -0.4 is 10.2 Å². The van der Waals surface area contributed by atoms with E-state index in [9.17, 15) is 9.59 Å². The molecule has 108 valence electrons. The molecule has 0 saturated carbocycles. The monoisotopic (exact) mass is 295 g/mol. The second-order valence-corrected chi connectivity index (χ2v) is 6.18. The van der Waals surface area contributed by atoms with Gasteiger partial charge in [0.15, 0.2) is 0 Å². The summed E-state index contributed by atoms with van der Waals surface area (Å²) < 4.78 is 0. The van der Waals surface area contributed by atoms with E-state index in [0.29, 0.717) is 23.8 Å². The topological polar surface area (TPSA) is 52.7 Å². The Kier molecular flexibility index (Phi) is 3.90. The van der Waals surface area contributed by atoms with Crippen LogP contribution >= 0.6 is 11.6 Å². The van der Waals surface area contributed by atoms with Crippen molar-refractivity contribution < 1.29 is 9.59 Å². The fourth-order valence-corrected chi connectivity index (χ4v) is 2.18. The molecular formula is C14H18ClN3O2. The Morgan fingerprint density at radius 1 is 1.30 bits per heavy atom. The Morgan fingerprint density at radius 3 is 2.60 bits per heavy atom. The van der Waals surface area contributed by atoms with Gasteiger partial charge in [-0.1, -0.05) is 17.7 Å². The van der Waals surface area contributed by atoms with Crippen molar-refractivity contribution in [2.45, 2.75) is 26.3 Å². The van der Waals surface area contributed by atoms with Gasteiger partial charge in [0.2, 0.25) is 0 Å². The molecule has 5 nitrogen and oxygen atoms in total. The number of hydrogen-bond donors (Lipinski definition) is 1. The first-order valence-electron chi connectivity index (χ1n) is 6.45. The van der Waals surface area contributed by atoms with E-state index < -0.39 is 0 Å². The maximum Gasteiger partial charge on any atom is 0.332 e. The molecule has 0 radical (unpaired) electrons. The lowest BCUT2D eigenvalue weighted by molar-refractivity contribution is 0.194.